The van der Waals surface area contributed by atoms with Crippen LogP contribution in [0.25, 0.3) is 10.8 Å². The quantitative estimate of drug-likeness (QED) is 0.830. The molecular weight excluding hydrogens is 251 g/mol. The number of halogens is 1. The topological polar surface area (TPSA) is 27.0 Å². The van der Waals surface area contributed by atoms with E-state index in [0.29, 0.717) is 5.39 Å². The van der Waals surface area contributed by atoms with E-state index in [0.717, 1.165) is 43.4 Å². The fourth-order valence-corrected chi connectivity index (χ4v) is 2.92. The second kappa shape index (κ2) is 5.60. The summed E-state index contributed by atoms with van der Waals surface area (Å²) >= 11 is 0. The van der Waals surface area contributed by atoms with Gasteiger partial charge in [-0.3, -0.25) is 4.90 Å². The molecule has 0 atom stereocenters. The van der Waals surface area contributed by atoms with Crippen molar-refractivity contribution in [2.45, 2.75) is 19.4 Å². The molecule has 102 valence electrons. The Hall–Kier alpha value is -1.92. The Bertz CT molecular complexity index is 652. The Balaban J connectivity index is 1.82. The number of hydrogen-bond donors (Lipinski definition) is 0. The van der Waals surface area contributed by atoms with Gasteiger partial charge in [0, 0.05) is 17.8 Å². The van der Waals surface area contributed by atoms with Gasteiger partial charge in [0.25, 0.3) is 0 Å². The molecular formula is C17H17FN2. The zero-order valence-corrected chi connectivity index (χ0v) is 11.3. The first-order chi connectivity index (χ1) is 9.78. The van der Waals surface area contributed by atoms with Gasteiger partial charge in [-0.2, -0.15) is 5.26 Å². The van der Waals surface area contributed by atoms with E-state index < -0.39 is 0 Å². The molecule has 3 rings (SSSR count). The minimum absolute atomic E-state index is 0.160. The molecule has 0 spiro atoms. The van der Waals surface area contributed by atoms with Gasteiger partial charge in [0.1, 0.15) is 5.82 Å². The molecule has 3 heteroatoms. The zero-order chi connectivity index (χ0) is 13.9. The van der Waals surface area contributed by atoms with Crippen molar-refractivity contribution >= 4 is 10.8 Å². The molecule has 20 heavy (non-hydrogen) atoms. The van der Waals surface area contributed by atoms with Crippen LogP contribution in [-0.2, 0) is 6.54 Å². The van der Waals surface area contributed by atoms with Crippen LogP contribution < -0.4 is 0 Å². The third-order valence-corrected chi connectivity index (χ3v) is 4.13. The smallest absolute Gasteiger partial charge is 0.131 e. The summed E-state index contributed by atoms with van der Waals surface area (Å²) in [7, 11) is 0. The van der Waals surface area contributed by atoms with E-state index in [4.69, 9.17) is 5.26 Å². The van der Waals surface area contributed by atoms with Crippen molar-refractivity contribution < 1.29 is 4.39 Å². The van der Waals surface area contributed by atoms with Crippen LogP contribution in [-0.4, -0.2) is 18.0 Å². The largest absolute Gasteiger partial charge is 0.299 e. The SMILES string of the molecule is N#CC1CCN(Cc2ccc(F)c3ccccc23)CC1. The van der Waals surface area contributed by atoms with Gasteiger partial charge >= 0.3 is 0 Å². The van der Waals surface area contributed by atoms with Crippen LogP contribution in [0.15, 0.2) is 36.4 Å². The summed E-state index contributed by atoms with van der Waals surface area (Å²) in [6, 6.07) is 13.4. The van der Waals surface area contributed by atoms with Crippen LogP contribution in [0.2, 0.25) is 0 Å². The summed E-state index contributed by atoms with van der Waals surface area (Å²) in [5.41, 5.74) is 1.16. The Morgan fingerprint density at radius 3 is 2.50 bits per heavy atom. The van der Waals surface area contributed by atoms with Crippen LogP contribution in [0.3, 0.4) is 0 Å². The number of piperidine rings is 1. The second-order valence-electron chi connectivity index (χ2n) is 5.43. The zero-order valence-electron chi connectivity index (χ0n) is 11.3. The molecule has 2 aromatic carbocycles. The van der Waals surface area contributed by atoms with E-state index in [-0.39, 0.29) is 11.7 Å². The van der Waals surface area contributed by atoms with E-state index in [1.165, 1.54) is 0 Å². The van der Waals surface area contributed by atoms with Gasteiger partial charge < -0.3 is 0 Å². The third kappa shape index (κ3) is 2.52. The lowest BCUT2D eigenvalue weighted by Gasteiger charge is -2.29. The first-order valence-electron chi connectivity index (χ1n) is 7.06. The maximum absolute atomic E-state index is 13.8. The van der Waals surface area contributed by atoms with Crippen molar-refractivity contribution in [2.24, 2.45) is 5.92 Å². The van der Waals surface area contributed by atoms with Crippen molar-refractivity contribution in [1.82, 2.24) is 4.90 Å². The van der Waals surface area contributed by atoms with E-state index in [1.807, 2.05) is 30.3 Å². The minimum atomic E-state index is -0.160. The summed E-state index contributed by atoms with van der Waals surface area (Å²) in [4.78, 5) is 2.35. The Labute approximate surface area is 118 Å². The lowest BCUT2D eigenvalue weighted by molar-refractivity contribution is 0.199. The summed E-state index contributed by atoms with van der Waals surface area (Å²) in [6.45, 7) is 2.73. The maximum atomic E-state index is 13.8. The second-order valence-corrected chi connectivity index (χ2v) is 5.43. The molecule has 1 fully saturated rings. The lowest BCUT2D eigenvalue weighted by Crippen LogP contribution is -2.32. The highest BCUT2D eigenvalue weighted by Crippen LogP contribution is 2.25. The first-order valence-corrected chi connectivity index (χ1v) is 7.06. The lowest BCUT2D eigenvalue weighted by atomic mass is 9.97. The molecule has 1 saturated heterocycles. The molecule has 2 aromatic rings. The molecule has 1 aliphatic heterocycles. The van der Waals surface area contributed by atoms with E-state index in [2.05, 4.69) is 11.0 Å². The van der Waals surface area contributed by atoms with Crippen molar-refractivity contribution in [1.29, 1.82) is 5.26 Å². The van der Waals surface area contributed by atoms with Crippen LogP contribution in [0.5, 0.6) is 0 Å². The summed E-state index contributed by atoms with van der Waals surface area (Å²) in [6.07, 6.45) is 1.88. The van der Waals surface area contributed by atoms with E-state index in [1.54, 1.807) is 6.07 Å². The molecule has 1 aliphatic rings. The fraction of sp³-hybridized carbons (Fsp3) is 0.353. The van der Waals surface area contributed by atoms with Gasteiger partial charge in [0.05, 0.1) is 6.07 Å². The molecule has 0 saturated carbocycles. The van der Waals surface area contributed by atoms with Crippen LogP contribution in [0.1, 0.15) is 18.4 Å². The number of hydrogen-bond acceptors (Lipinski definition) is 2. The van der Waals surface area contributed by atoms with Gasteiger partial charge in [-0.1, -0.05) is 30.3 Å². The highest BCUT2D eigenvalue weighted by atomic mass is 19.1. The molecule has 0 amide bonds. The highest BCUT2D eigenvalue weighted by molar-refractivity contribution is 5.86. The molecule has 0 N–H and O–H groups in total. The summed E-state index contributed by atoms with van der Waals surface area (Å²) in [5.74, 6) is 0.0451. The average Bonchev–Trinajstić information content (AvgIpc) is 2.51. The van der Waals surface area contributed by atoms with Crippen molar-refractivity contribution in [3.05, 3.63) is 47.8 Å². The molecule has 0 unspecified atom stereocenters. The molecule has 0 aliphatic carbocycles. The van der Waals surface area contributed by atoms with Crippen molar-refractivity contribution in [3.8, 4) is 6.07 Å². The monoisotopic (exact) mass is 268 g/mol. The molecule has 0 aromatic heterocycles. The Morgan fingerprint density at radius 2 is 1.80 bits per heavy atom. The van der Waals surface area contributed by atoms with Crippen molar-refractivity contribution in [2.75, 3.05) is 13.1 Å². The van der Waals surface area contributed by atoms with Crippen molar-refractivity contribution in [3.63, 3.8) is 0 Å². The van der Waals surface area contributed by atoms with E-state index in [9.17, 15) is 4.39 Å². The summed E-state index contributed by atoms with van der Waals surface area (Å²) < 4.78 is 13.8. The molecule has 1 heterocycles. The van der Waals surface area contributed by atoms with Crippen LogP contribution in [0, 0.1) is 23.1 Å². The number of benzene rings is 2. The number of rotatable bonds is 2. The molecule has 0 radical (unpaired) electrons. The third-order valence-electron chi connectivity index (χ3n) is 4.13. The van der Waals surface area contributed by atoms with Gasteiger partial charge in [-0.05, 0) is 42.9 Å². The fourth-order valence-electron chi connectivity index (χ4n) is 2.92. The predicted octanol–water partition coefficient (Wildman–Crippen LogP) is 3.71. The average molecular weight is 268 g/mol. The van der Waals surface area contributed by atoms with Crippen LogP contribution >= 0.6 is 0 Å². The maximum Gasteiger partial charge on any atom is 0.131 e. The summed E-state index contributed by atoms with van der Waals surface area (Å²) in [5, 5.41) is 10.6. The Kier molecular flexibility index (Phi) is 3.66. The number of nitrogens with zero attached hydrogens (tertiary/aromatic N) is 2. The van der Waals surface area contributed by atoms with Gasteiger partial charge in [-0.25, -0.2) is 4.39 Å². The molecule has 0 bridgehead atoms. The molecule has 2 nitrogen and oxygen atoms in total. The Morgan fingerprint density at radius 1 is 1.10 bits per heavy atom. The van der Waals surface area contributed by atoms with Gasteiger partial charge in [-0.15, -0.1) is 0 Å². The highest BCUT2D eigenvalue weighted by Gasteiger charge is 2.19. The minimum Gasteiger partial charge on any atom is -0.299 e. The standard InChI is InChI=1S/C17H17FN2/c18-17-6-5-14(15-3-1-2-4-16(15)17)12-20-9-7-13(11-19)8-10-20/h1-6,13H,7-10,12H2. The number of likely N-dealkylation sites (tertiary alicyclic amines) is 1. The number of nitriles is 1. The van der Waals surface area contributed by atoms with Gasteiger partial charge in [0.2, 0.25) is 0 Å². The predicted molar refractivity (Wildman–Crippen MR) is 77.5 cm³/mol. The number of fused-ring (bicyclic) bond motifs is 1. The van der Waals surface area contributed by atoms with Gasteiger partial charge in [0.15, 0.2) is 0 Å². The van der Waals surface area contributed by atoms with E-state index >= 15 is 0 Å². The van der Waals surface area contributed by atoms with Crippen LogP contribution in [0.4, 0.5) is 4.39 Å². The first kappa shape index (κ1) is 13.1. The normalized spacial score (nSPS) is 17.2.